The average molecular weight is 137 g/mol. The molecule has 0 saturated carbocycles. The van der Waals surface area contributed by atoms with Gasteiger partial charge in [-0.15, -0.1) is 0 Å². The van der Waals surface area contributed by atoms with E-state index in [2.05, 4.69) is 0 Å². The summed E-state index contributed by atoms with van der Waals surface area (Å²) in [5, 5.41) is 0. The van der Waals surface area contributed by atoms with Crippen molar-refractivity contribution < 1.29 is 14.6 Å². The van der Waals surface area contributed by atoms with Gasteiger partial charge in [-0.1, -0.05) is 0 Å². The van der Waals surface area contributed by atoms with Gasteiger partial charge in [0.05, 0.1) is 0 Å². The molecule has 0 aliphatic carbocycles. The summed E-state index contributed by atoms with van der Waals surface area (Å²) in [4.78, 5) is 27.7. The van der Waals surface area contributed by atoms with Gasteiger partial charge in [-0.2, -0.15) is 0 Å². The van der Waals surface area contributed by atoms with Crippen molar-refractivity contribution in [3.05, 3.63) is 0 Å². The first-order valence-corrected chi connectivity index (χ1v) is 4.23. The second-order valence-electron chi connectivity index (χ2n) is 1.57. The molecule has 8 heavy (non-hydrogen) atoms. The molecule has 0 aromatic rings. The minimum Gasteiger partial charge on any atom is -0.247 e. The van der Waals surface area contributed by atoms with Crippen LogP contribution in [0.15, 0.2) is 0 Å². The van der Waals surface area contributed by atoms with Gasteiger partial charge in [0.2, 0.25) is 0 Å². The number of hydrogen-bond donors (Lipinski definition) is 2. The molecule has 0 unspecified atom stereocenters. The normalized spacial score (nSPS) is 11.5. The van der Waals surface area contributed by atoms with Crippen LogP contribution in [0.2, 0.25) is 0 Å². The number of rotatable bonds is 2. The summed E-state index contributed by atoms with van der Waals surface area (Å²) in [6, 6.07) is 0. The van der Waals surface area contributed by atoms with E-state index in [1.54, 1.807) is 6.92 Å². The van der Waals surface area contributed by atoms with E-state index in [0.29, 0.717) is 0 Å². The molecule has 0 radical (unpaired) electrons. The van der Waals surface area contributed by atoms with Crippen molar-refractivity contribution in [3.8, 4) is 0 Å². The zero-order valence-corrected chi connectivity index (χ0v) is 5.85. The Bertz CT molecular complexity index is 99.5. The molecule has 0 fully saturated rings. The standard InChI is InChI=1S/C4H10O3P/c1-3-8(6,7)4(2)5/h6-7H,3H2,1-2H3/q+1. The van der Waals surface area contributed by atoms with Crippen LogP contribution < -0.4 is 0 Å². The first-order chi connectivity index (χ1) is 3.50. The highest BCUT2D eigenvalue weighted by molar-refractivity contribution is 7.81. The van der Waals surface area contributed by atoms with Crippen LogP contribution in [0.3, 0.4) is 0 Å². The van der Waals surface area contributed by atoms with Crippen LogP contribution in [-0.4, -0.2) is 21.5 Å². The van der Waals surface area contributed by atoms with Gasteiger partial charge < -0.3 is 0 Å². The van der Waals surface area contributed by atoms with Gasteiger partial charge in [0.25, 0.3) is 0 Å². The Hall–Kier alpha value is 0.0200. The molecule has 0 heterocycles. The molecular formula is C4H10O3P+. The Balaban J connectivity index is 3.91. The van der Waals surface area contributed by atoms with Crippen LogP contribution >= 0.6 is 7.72 Å². The maximum absolute atomic E-state index is 10.2. The Kier molecular flexibility index (Phi) is 2.54. The third-order valence-corrected chi connectivity index (χ3v) is 2.84. The molecule has 0 aliphatic heterocycles. The highest BCUT2D eigenvalue weighted by atomic mass is 31.2. The van der Waals surface area contributed by atoms with E-state index in [-0.39, 0.29) is 6.16 Å². The van der Waals surface area contributed by atoms with E-state index in [9.17, 15) is 4.79 Å². The fourth-order valence-corrected chi connectivity index (χ4v) is 0.668. The van der Waals surface area contributed by atoms with Crippen LogP contribution in [0.1, 0.15) is 13.8 Å². The quantitative estimate of drug-likeness (QED) is 0.541. The number of carbonyl (C=O) groups excluding carboxylic acids is 1. The number of carbonyl (C=O) groups is 1. The first-order valence-electron chi connectivity index (χ1n) is 2.35. The van der Waals surface area contributed by atoms with Crippen molar-refractivity contribution in [2.75, 3.05) is 6.16 Å². The fourth-order valence-electron chi connectivity index (χ4n) is 0.223. The van der Waals surface area contributed by atoms with E-state index in [0.717, 1.165) is 0 Å². The van der Waals surface area contributed by atoms with Crippen molar-refractivity contribution in [1.29, 1.82) is 0 Å². The Labute approximate surface area is 48.8 Å². The Morgan fingerprint density at radius 3 is 2.00 bits per heavy atom. The molecule has 0 amide bonds. The molecule has 0 atom stereocenters. The van der Waals surface area contributed by atoms with Crippen LogP contribution in [0, 0.1) is 0 Å². The van der Waals surface area contributed by atoms with E-state index in [1.807, 2.05) is 0 Å². The summed E-state index contributed by atoms with van der Waals surface area (Å²) in [5.74, 6) is 0. The molecule has 0 aliphatic rings. The van der Waals surface area contributed by atoms with E-state index in [4.69, 9.17) is 9.79 Å². The molecule has 4 heteroatoms. The number of hydrogen-bond acceptors (Lipinski definition) is 3. The third-order valence-electron chi connectivity index (χ3n) is 0.945. The van der Waals surface area contributed by atoms with Crippen molar-refractivity contribution in [2.24, 2.45) is 0 Å². The van der Waals surface area contributed by atoms with E-state index in [1.165, 1.54) is 6.92 Å². The SMILES string of the molecule is CC[P+](O)(O)C(C)=O. The monoisotopic (exact) mass is 137 g/mol. The van der Waals surface area contributed by atoms with Gasteiger partial charge in [0.15, 0.2) is 0 Å². The summed E-state index contributed by atoms with van der Waals surface area (Å²) in [7, 11) is -3.13. The van der Waals surface area contributed by atoms with E-state index >= 15 is 0 Å². The smallest absolute Gasteiger partial charge is 0.247 e. The molecule has 3 nitrogen and oxygen atoms in total. The zero-order chi connectivity index (χ0) is 6.78. The summed E-state index contributed by atoms with van der Waals surface area (Å²) < 4.78 is 0. The minimum atomic E-state index is -3.13. The van der Waals surface area contributed by atoms with Crippen molar-refractivity contribution in [2.45, 2.75) is 13.8 Å². The molecule has 48 valence electrons. The zero-order valence-electron chi connectivity index (χ0n) is 4.96. The second kappa shape index (κ2) is 2.53. The van der Waals surface area contributed by atoms with Crippen LogP contribution in [0.25, 0.3) is 0 Å². The van der Waals surface area contributed by atoms with Crippen LogP contribution in [-0.2, 0) is 4.79 Å². The lowest BCUT2D eigenvalue weighted by Crippen LogP contribution is -2.02. The van der Waals surface area contributed by atoms with Gasteiger partial charge in [-0.25, -0.2) is 14.6 Å². The fraction of sp³-hybridized carbons (Fsp3) is 0.750. The summed E-state index contributed by atoms with van der Waals surface area (Å²) in [6.45, 7) is 2.77. The van der Waals surface area contributed by atoms with Gasteiger partial charge in [0.1, 0.15) is 6.16 Å². The molecular weight excluding hydrogens is 127 g/mol. The average Bonchev–Trinajstić information content (AvgIpc) is 1.67. The van der Waals surface area contributed by atoms with Crippen LogP contribution in [0.5, 0.6) is 0 Å². The topological polar surface area (TPSA) is 57.5 Å². The molecule has 0 rings (SSSR count). The van der Waals surface area contributed by atoms with Crippen molar-refractivity contribution in [3.63, 3.8) is 0 Å². The molecule has 0 saturated heterocycles. The second-order valence-corrected chi connectivity index (χ2v) is 4.29. The van der Waals surface area contributed by atoms with Gasteiger partial charge in [-0.05, 0) is 6.92 Å². The third kappa shape index (κ3) is 1.86. The lowest BCUT2D eigenvalue weighted by Gasteiger charge is -2.02. The maximum Gasteiger partial charge on any atom is 0.336 e. The largest absolute Gasteiger partial charge is 0.336 e. The molecule has 2 N–H and O–H groups in total. The minimum absolute atomic E-state index is 0.155. The first kappa shape index (κ1) is 8.02. The summed E-state index contributed by atoms with van der Waals surface area (Å²) in [6.07, 6.45) is 0.155. The van der Waals surface area contributed by atoms with Gasteiger partial charge in [0, 0.05) is 6.92 Å². The Morgan fingerprint density at radius 1 is 1.62 bits per heavy atom. The van der Waals surface area contributed by atoms with Crippen LogP contribution in [0.4, 0.5) is 0 Å². The van der Waals surface area contributed by atoms with Gasteiger partial charge >= 0.3 is 13.2 Å². The molecule has 0 aromatic carbocycles. The Morgan fingerprint density at radius 2 is 2.00 bits per heavy atom. The highest BCUT2D eigenvalue weighted by Crippen LogP contribution is 2.49. The molecule has 0 bridgehead atoms. The maximum atomic E-state index is 10.2. The predicted molar refractivity (Wildman–Crippen MR) is 32.6 cm³/mol. The predicted octanol–water partition coefficient (Wildman–Crippen LogP) is 0.385. The summed E-state index contributed by atoms with van der Waals surface area (Å²) >= 11 is 0. The lowest BCUT2D eigenvalue weighted by molar-refractivity contribution is -0.111. The highest BCUT2D eigenvalue weighted by Gasteiger charge is 2.37. The van der Waals surface area contributed by atoms with E-state index < -0.39 is 13.2 Å². The molecule has 0 aromatic heterocycles. The molecule has 0 spiro atoms. The lowest BCUT2D eigenvalue weighted by atomic mass is 10.9. The van der Waals surface area contributed by atoms with Gasteiger partial charge in [-0.3, -0.25) is 0 Å². The van der Waals surface area contributed by atoms with Crippen molar-refractivity contribution in [1.82, 2.24) is 0 Å². The van der Waals surface area contributed by atoms with Crippen molar-refractivity contribution >= 4 is 13.2 Å². The summed E-state index contributed by atoms with van der Waals surface area (Å²) in [5.41, 5.74) is -0.500.